The first-order valence-electron chi connectivity index (χ1n) is 19.1. The van der Waals surface area contributed by atoms with Crippen molar-refractivity contribution in [3.8, 4) is 11.5 Å². The molecule has 23 nitrogen and oxygen atoms in total. The Morgan fingerprint density at radius 3 is 1.64 bits per heavy atom. The van der Waals surface area contributed by atoms with Crippen LogP contribution in [0.2, 0.25) is 0 Å². The Bertz CT molecular complexity index is 1970. The second kappa shape index (κ2) is 24.5. The van der Waals surface area contributed by atoms with Crippen LogP contribution in [0.1, 0.15) is 42.5 Å². The molecule has 1 heterocycles. The maximum absolute atomic E-state index is 13.9. The minimum absolute atomic E-state index is 0.0334. The summed E-state index contributed by atoms with van der Waals surface area (Å²) >= 11 is 0. The number of rotatable bonds is 25. The third-order valence-electron chi connectivity index (χ3n) is 8.94. The molecule has 0 fully saturated rings. The Hall–Kier alpha value is -7.43. The van der Waals surface area contributed by atoms with Gasteiger partial charge >= 0.3 is 5.97 Å². The first kappa shape index (κ1) is 47.9. The van der Waals surface area contributed by atoms with Crippen molar-refractivity contribution in [1.82, 2.24) is 36.6 Å². The highest BCUT2D eigenvalue weighted by Gasteiger charge is 2.31. The number of carbonyl (C=O) groups is 6. The number of carboxylic acid groups (broad SMARTS) is 1. The minimum Gasteiger partial charge on any atom is -0.508 e. The maximum atomic E-state index is 13.9. The van der Waals surface area contributed by atoms with Crippen LogP contribution in [-0.2, 0) is 48.0 Å². The molecule has 0 aliphatic carbocycles. The molecule has 0 bridgehead atoms. The molecule has 5 atom stereocenters. The van der Waals surface area contributed by atoms with Crippen LogP contribution in [0.25, 0.3) is 0 Å². The van der Waals surface area contributed by atoms with Crippen LogP contribution in [-0.4, -0.2) is 123 Å². The van der Waals surface area contributed by atoms with Crippen LogP contribution in [0, 0.1) is 0 Å². The summed E-state index contributed by atoms with van der Waals surface area (Å²) in [5.41, 5.74) is 28.9. The maximum Gasteiger partial charge on any atom is 0.326 e. The molecule has 0 aliphatic rings. The molecule has 23 heteroatoms. The predicted molar refractivity (Wildman–Crippen MR) is 222 cm³/mol. The van der Waals surface area contributed by atoms with Gasteiger partial charge in [0.05, 0.1) is 18.9 Å². The highest BCUT2D eigenvalue weighted by Crippen LogP contribution is 2.14. The van der Waals surface area contributed by atoms with E-state index in [-0.39, 0.29) is 75.0 Å². The first-order chi connectivity index (χ1) is 29.0. The Labute approximate surface area is 350 Å². The monoisotopic (exact) mass is 850 g/mol. The lowest BCUT2D eigenvalue weighted by Crippen LogP contribution is -2.58. The number of aliphatic carboxylic acids is 1. The van der Waals surface area contributed by atoms with Gasteiger partial charge in [0, 0.05) is 44.2 Å². The molecule has 0 radical (unpaired) electrons. The summed E-state index contributed by atoms with van der Waals surface area (Å²) in [5, 5.41) is 42.0. The van der Waals surface area contributed by atoms with E-state index in [1.165, 1.54) is 61.1 Å². The fourth-order valence-electron chi connectivity index (χ4n) is 5.75. The molecule has 2 aromatic carbocycles. The molecule has 3 rings (SSSR count). The van der Waals surface area contributed by atoms with Crippen LogP contribution in [0.3, 0.4) is 0 Å². The minimum atomic E-state index is -1.44. The van der Waals surface area contributed by atoms with Gasteiger partial charge in [0.1, 0.15) is 35.7 Å². The number of phenolic OH excluding ortho intramolecular Hbond substituents is 2. The molecule has 0 unspecified atom stereocenters. The van der Waals surface area contributed by atoms with Gasteiger partial charge < -0.3 is 75.6 Å². The highest BCUT2D eigenvalue weighted by molar-refractivity contribution is 5.95. The van der Waals surface area contributed by atoms with Gasteiger partial charge in [-0.1, -0.05) is 24.3 Å². The van der Waals surface area contributed by atoms with Crippen molar-refractivity contribution in [2.45, 2.75) is 75.2 Å². The Balaban J connectivity index is 1.76. The first-order valence-corrected chi connectivity index (χ1v) is 19.1. The molecule has 5 amide bonds. The zero-order valence-corrected chi connectivity index (χ0v) is 33.3. The summed E-state index contributed by atoms with van der Waals surface area (Å²) < 4.78 is 0. The summed E-state index contributed by atoms with van der Waals surface area (Å²) in [4.78, 5) is 94.0. The van der Waals surface area contributed by atoms with Gasteiger partial charge in [-0.25, -0.2) is 9.78 Å². The van der Waals surface area contributed by atoms with Gasteiger partial charge in [0.15, 0.2) is 11.9 Å². The molecule has 61 heavy (non-hydrogen) atoms. The van der Waals surface area contributed by atoms with Crippen LogP contribution in [0.5, 0.6) is 11.5 Å². The van der Waals surface area contributed by atoms with E-state index in [2.05, 4.69) is 46.5 Å². The summed E-state index contributed by atoms with van der Waals surface area (Å²) in [6.07, 6.45) is 3.21. The lowest BCUT2D eigenvalue weighted by Gasteiger charge is -2.25. The molecule has 0 aliphatic heterocycles. The number of hydrogen-bond acceptors (Lipinski definition) is 12. The number of nitrogens with one attached hydrogen (secondary N) is 6. The average Bonchev–Trinajstić information content (AvgIpc) is 3.73. The standard InChI is InChI=1S/C38H54N14O9/c39-26(3-1-13-45-37(40)41)32(56)50-27(4-2-14-46-38(42)43)33(57)47-19-31(55)49-29(17-23-18-44-20-48-23)35(59)51-28(15-21-5-9-24(53)10-6-21)34(58)52-30(36(60)61)16-22-7-11-25(54)12-8-22/h5-12,18,20,26-30,53-54H,1-4,13-17,19,39H2,(H,44,48)(H,47,57)(H,49,55)(H,50,56)(H,51,59)(H,52,58)(H,60,61)(H4,40,41,45)(H4,42,43,46)/t26-,27-,28-,29-,30-/m0/s1. The number of carbonyl (C=O) groups excluding carboxylic acids is 5. The van der Waals surface area contributed by atoms with E-state index >= 15 is 0 Å². The van der Waals surface area contributed by atoms with E-state index in [4.69, 9.17) is 28.7 Å². The fourth-order valence-corrected chi connectivity index (χ4v) is 5.75. The Kier molecular flexibility index (Phi) is 19.2. The second-order valence-corrected chi connectivity index (χ2v) is 13.9. The number of H-pyrrole nitrogens is 1. The van der Waals surface area contributed by atoms with E-state index in [0.717, 1.165) is 0 Å². The zero-order chi connectivity index (χ0) is 44.9. The lowest BCUT2D eigenvalue weighted by atomic mass is 10.0. The van der Waals surface area contributed by atoms with E-state index in [1.807, 2.05) is 0 Å². The topological polar surface area (TPSA) is 407 Å². The van der Waals surface area contributed by atoms with Crippen LogP contribution in [0.4, 0.5) is 0 Å². The van der Waals surface area contributed by atoms with Gasteiger partial charge in [0.25, 0.3) is 0 Å². The van der Waals surface area contributed by atoms with Crippen molar-refractivity contribution in [2.75, 3.05) is 19.6 Å². The van der Waals surface area contributed by atoms with Crippen molar-refractivity contribution in [2.24, 2.45) is 38.7 Å². The largest absolute Gasteiger partial charge is 0.508 e. The molecule has 19 N–H and O–H groups in total. The summed E-state index contributed by atoms with van der Waals surface area (Å²) in [7, 11) is 0. The third kappa shape index (κ3) is 17.9. The summed E-state index contributed by atoms with van der Waals surface area (Å²) in [5.74, 6) is -5.66. The number of aromatic nitrogens is 2. The average molecular weight is 851 g/mol. The molecular weight excluding hydrogens is 797 g/mol. The van der Waals surface area contributed by atoms with Gasteiger partial charge in [-0.05, 0) is 61.1 Å². The fraction of sp³-hybridized carbons (Fsp3) is 0.395. The zero-order valence-electron chi connectivity index (χ0n) is 33.3. The number of imidazole rings is 1. The molecule has 0 saturated heterocycles. The number of nitrogens with two attached hydrogens (primary N) is 5. The van der Waals surface area contributed by atoms with Crippen molar-refractivity contribution < 1.29 is 44.1 Å². The Morgan fingerprint density at radius 1 is 0.639 bits per heavy atom. The van der Waals surface area contributed by atoms with Gasteiger partial charge in [-0.15, -0.1) is 0 Å². The van der Waals surface area contributed by atoms with Crippen molar-refractivity contribution in [3.63, 3.8) is 0 Å². The van der Waals surface area contributed by atoms with E-state index in [1.54, 1.807) is 0 Å². The molecular formula is C38H54N14O9. The molecule has 0 spiro atoms. The van der Waals surface area contributed by atoms with Gasteiger partial charge in [-0.3, -0.25) is 34.0 Å². The summed E-state index contributed by atoms with van der Waals surface area (Å²) in [6, 6.07) is 5.15. The van der Waals surface area contributed by atoms with Crippen LogP contribution in [0.15, 0.2) is 71.0 Å². The summed E-state index contributed by atoms with van der Waals surface area (Å²) in [6.45, 7) is -0.274. The molecule has 1 aromatic heterocycles. The van der Waals surface area contributed by atoms with E-state index < -0.39 is 72.3 Å². The van der Waals surface area contributed by atoms with E-state index in [0.29, 0.717) is 23.2 Å². The third-order valence-corrected chi connectivity index (χ3v) is 8.94. The quantitative estimate of drug-likeness (QED) is 0.0223. The number of carboxylic acids is 1. The SMILES string of the molecule is NC(N)=NCCC[C@H](NC(=O)[C@@H](N)CCCN=C(N)N)C(=O)NCC(=O)N[C@@H](Cc1cnc[nH]1)C(=O)N[C@@H](Cc1ccc(O)cc1)C(=O)N[C@@H](Cc1ccc(O)cc1)C(=O)O. The number of aromatic amines is 1. The molecule has 0 saturated carbocycles. The number of aliphatic imine (C=N–C) groups is 2. The normalized spacial score (nSPS) is 13.2. The number of phenols is 2. The predicted octanol–water partition coefficient (Wildman–Crippen LogP) is -3.58. The molecule has 3 aromatic rings. The number of hydrogen-bond donors (Lipinski definition) is 14. The van der Waals surface area contributed by atoms with E-state index in [9.17, 15) is 44.1 Å². The van der Waals surface area contributed by atoms with Gasteiger partial charge in [-0.2, -0.15) is 0 Å². The Morgan fingerprint density at radius 2 is 1.13 bits per heavy atom. The number of aromatic hydroxyl groups is 2. The van der Waals surface area contributed by atoms with Crippen molar-refractivity contribution in [1.29, 1.82) is 0 Å². The van der Waals surface area contributed by atoms with Crippen molar-refractivity contribution >= 4 is 47.4 Å². The number of nitrogens with zero attached hydrogens (tertiary/aromatic N) is 3. The molecule has 330 valence electrons. The number of benzene rings is 2. The van der Waals surface area contributed by atoms with Crippen LogP contribution < -0.4 is 55.3 Å². The second-order valence-electron chi connectivity index (χ2n) is 13.9. The highest BCUT2D eigenvalue weighted by atomic mass is 16.4. The van der Waals surface area contributed by atoms with Gasteiger partial charge in [0.2, 0.25) is 29.5 Å². The van der Waals surface area contributed by atoms with Crippen molar-refractivity contribution in [3.05, 3.63) is 77.9 Å². The number of guanidine groups is 2. The lowest BCUT2D eigenvalue weighted by molar-refractivity contribution is -0.142. The number of amides is 5. The van der Waals surface area contributed by atoms with Crippen LogP contribution >= 0.6 is 0 Å². The smallest absolute Gasteiger partial charge is 0.326 e.